The van der Waals surface area contributed by atoms with Crippen molar-refractivity contribution in [1.82, 2.24) is 18.7 Å². The minimum absolute atomic E-state index is 0.111. The maximum Gasteiger partial charge on any atom is 0.337 e. The molecule has 0 aliphatic carbocycles. The number of allylic oxidation sites excluding steroid dienone is 1. The zero-order valence-corrected chi connectivity index (χ0v) is 16.0. The SMILES string of the molecule is C=CCn1c(=O)c2c(ncn2Cc2ccccc2OC)n(-c2ccccc2)c1=O. The summed E-state index contributed by atoms with van der Waals surface area (Å²) in [6.07, 6.45) is 3.11. The summed E-state index contributed by atoms with van der Waals surface area (Å²) in [5.41, 5.74) is 1.37. The Bertz CT molecular complexity index is 1300. The van der Waals surface area contributed by atoms with E-state index < -0.39 is 11.2 Å². The van der Waals surface area contributed by atoms with Crippen LogP contribution in [0, 0.1) is 0 Å². The highest BCUT2D eigenvalue weighted by atomic mass is 16.5. The molecular formula is C22H20N4O3. The predicted molar refractivity (Wildman–Crippen MR) is 112 cm³/mol. The van der Waals surface area contributed by atoms with Gasteiger partial charge in [-0.25, -0.2) is 14.3 Å². The molecule has 0 unspecified atom stereocenters. The van der Waals surface area contributed by atoms with Crippen molar-refractivity contribution in [2.45, 2.75) is 13.1 Å². The first-order valence-electron chi connectivity index (χ1n) is 9.14. The van der Waals surface area contributed by atoms with Crippen molar-refractivity contribution >= 4 is 11.2 Å². The topological polar surface area (TPSA) is 71.0 Å². The zero-order chi connectivity index (χ0) is 20.4. The highest BCUT2D eigenvalue weighted by Crippen LogP contribution is 2.20. The number of benzene rings is 2. The molecule has 0 radical (unpaired) electrons. The van der Waals surface area contributed by atoms with Gasteiger partial charge in [0.15, 0.2) is 11.2 Å². The molecule has 0 atom stereocenters. The van der Waals surface area contributed by atoms with Crippen molar-refractivity contribution in [2.24, 2.45) is 0 Å². The Morgan fingerprint density at radius 1 is 1.07 bits per heavy atom. The summed E-state index contributed by atoms with van der Waals surface area (Å²) in [6, 6.07) is 16.7. The minimum Gasteiger partial charge on any atom is -0.496 e. The maximum absolute atomic E-state index is 13.2. The molecule has 0 saturated heterocycles. The fraction of sp³-hybridized carbons (Fsp3) is 0.136. The van der Waals surface area contributed by atoms with E-state index in [1.807, 2.05) is 54.6 Å². The monoisotopic (exact) mass is 388 g/mol. The van der Waals surface area contributed by atoms with Crippen LogP contribution in [0.5, 0.6) is 5.75 Å². The summed E-state index contributed by atoms with van der Waals surface area (Å²) in [4.78, 5) is 30.6. The van der Waals surface area contributed by atoms with E-state index in [-0.39, 0.29) is 6.54 Å². The Balaban J connectivity index is 2.00. The van der Waals surface area contributed by atoms with Gasteiger partial charge >= 0.3 is 5.69 Å². The minimum atomic E-state index is -0.448. The Labute approximate surface area is 166 Å². The summed E-state index contributed by atoms with van der Waals surface area (Å²) in [5.74, 6) is 0.720. The van der Waals surface area contributed by atoms with Gasteiger partial charge in [0.1, 0.15) is 5.75 Å². The van der Waals surface area contributed by atoms with Crippen LogP contribution < -0.4 is 16.0 Å². The van der Waals surface area contributed by atoms with E-state index in [0.717, 1.165) is 11.3 Å². The molecule has 2 heterocycles. The highest BCUT2D eigenvalue weighted by molar-refractivity contribution is 5.72. The van der Waals surface area contributed by atoms with Gasteiger partial charge in [-0.15, -0.1) is 6.58 Å². The van der Waals surface area contributed by atoms with Crippen LogP contribution in [0.4, 0.5) is 0 Å². The largest absolute Gasteiger partial charge is 0.496 e. The number of hydrogen-bond acceptors (Lipinski definition) is 4. The van der Waals surface area contributed by atoms with Crippen LogP contribution in [0.2, 0.25) is 0 Å². The molecule has 0 bridgehead atoms. The second-order valence-electron chi connectivity index (χ2n) is 6.51. The van der Waals surface area contributed by atoms with E-state index >= 15 is 0 Å². The number of hydrogen-bond donors (Lipinski definition) is 0. The summed E-state index contributed by atoms with van der Waals surface area (Å²) < 4.78 is 9.80. The molecule has 7 nitrogen and oxygen atoms in total. The number of nitrogens with zero attached hydrogens (tertiary/aromatic N) is 4. The molecule has 0 fully saturated rings. The fourth-order valence-corrected chi connectivity index (χ4v) is 3.42. The lowest BCUT2D eigenvalue weighted by Gasteiger charge is -2.12. The molecule has 0 N–H and O–H groups in total. The molecule has 2 aromatic carbocycles. The van der Waals surface area contributed by atoms with E-state index in [1.54, 1.807) is 18.0 Å². The summed E-state index contributed by atoms with van der Waals surface area (Å²) >= 11 is 0. The van der Waals surface area contributed by atoms with Gasteiger partial charge in [-0.2, -0.15) is 0 Å². The van der Waals surface area contributed by atoms with Crippen molar-refractivity contribution in [2.75, 3.05) is 7.11 Å². The Kier molecular flexibility index (Phi) is 4.87. The molecule has 29 heavy (non-hydrogen) atoms. The Morgan fingerprint density at radius 2 is 1.79 bits per heavy atom. The molecule has 0 spiro atoms. The fourth-order valence-electron chi connectivity index (χ4n) is 3.42. The van der Waals surface area contributed by atoms with E-state index in [4.69, 9.17) is 4.74 Å². The lowest BCUT2D eigenvalue weighted by atomic mass is 10.2. The molecule has 4 aromatic rings. The van der Waals surface area contributed by atoms with Gasteiger partial charge in [0.25, 0.3) is 5.56 Å². The lowest BCUT2D eigenvalue weighted by Crippen LogP contribution is -2.39. The summed E-state index contributed by atoms with van der Waals surface area (Å²) in [6.45, 7) is 4.17. The first kappa shape index (κ1) is 18.5. The van der Waals surface area contributed by atoms with Crippen molar-refractivity contribution in [3.8, 4) is 11.4 Å². The van der Waals surface area contributed by atoms with Crippen molar-refractivity contribution in [1.29, 1.82) is 0 Å². The predicted octanol–water partition coefficient (Wildman–Crippen LogP) is 2.59. The quantitative estimate of drug-likeness (QED) is 0.476. The van der Waals surface area contributed by atoms with Crippen molar-refractivity contribution in [3.05, 3.63) is 100.0 Å². The van der Waals surface area contributed by atoms with Crippen LogP contribution in [-0.4, -0.2) is 25.8 Å². The van der Waals surface area contributed by atoms with Gasteiger partial charge in [-0.3, -0.25) is 9.36 Å². The molecular weight excluding hydrogens is 368 g/mol. The van der Waals surface area contributed by atoms with Gasteiger partial charge in [-0.05, 0) is 18.2 Å². The van der Waals surface area contributed by atoms with Gasteiger partial charge in [-0.1, -0.05) is 42.5 Å². The molecule has 0 aliphatic rings. The first-order valence-corrected chi connectivity index (χ1v) is 9.14. The molecule has 0 saturated carbocycles. The van der Waals surface area contributed by atoms with Gasteiger partial charge in [0.05, 0.1) is 25.7 Å². The van der Waals surface area contributed by atoms with E-state index in [1.165, 1.54) is 15.2 Å². The van der Waals surface area contributed by atoms with Gasteiger partial charge in [0, 0.05) is 12.1 Å². The van der Waals surface area contributed by atoms with Crippen LogP contribution in [0.25, 0.3) is 16.9 Å². The normalized spacial score (nSPS) is 10.9. The molecule has 2 aromatic heterocycles. The summed E-state index contributed by atoms with van der Waals surface area (Å²) in [7, 11) is 1.61. The Hall–Kier alpha value is -3.87. The van der Waals surface area contributed by atoms with Crippen LogP contribution in [0.1, 0.15) is 5.56 Å². The van der Waals surface area contributed by atoms with E-state index in [2.05, 4.69) is 11.6 Å². The standard InChI is InChI=1S/C22H20N4O3/c1-3-13-25-21(27)19-20(26(22(25)28)17-10-5-4-6-11-17)23-15-24(19)14-16-9-7-8-12-18(16)29-2/h3-12,15H,1,13-14H2,2H3. The smallest absolute Gasteiger partial charge is 0.337 e. The number of imidazole rings is 1. The first-order chi connectivity index (χ1) is 14.2. The van der Waals surface area contributed by atoms with Crippen LogP contribution in [0.3, 0.4) is 0 Å². The molecule has 7 heteroatoms. The van der Waals surface area contributed by atoms with Crippen molar-refractivity contribution in [3.63, 3.8) is 0 Å². The second kappa shape index (κ2) is 7.63. The molecule has 146 valence electrons. The zero-order valence-electron chi connectivity index (χ0n) is 16.0. The lowest BCUT2D eigenvalue weighted by molar-refractivity contribution is 0.408. The number of aromatic nitrogens is 4. The maximum atomic E-state index is 13.2. The van der Waals surface area contributed by atoms with Crippen molar-refractivity contribution < 1.29 is 4.74 Å². The van der Waals surface area contributed by atoms with E-state index in [0.29, 0.717) is 23.4 Å². The number of ether oxygens (including phenoxy) is 1. The molecule has 0 amide bonds. The number of methoxy groups -OCH3 is 1. The Morgan fingerprint density at radius 3 is 2.52 bits per heavy atom. The second-order valence-corrected chi connectivity index (χ2v) is 6.51. The molecule has 4 rings (SSSR count). The van der Waals surface area contributed by atoms with Crippen LogP contribution in [0.15, 0.2) is 83.2 Å². The van der Waals surface area contributed by atoms with Crippen LogP contribution >= 0.6 is 0 Å². The number of rotatable bonds is 6. The van der Waals surface area contributed by atoms with Gasteiger partial charge < -0.3 is 9.30 Å². The summed E-state index contributed by atoms with van der Waals surface area (Å²) in [5, 5.41) is 0. The average Bonchev–Trinajstić information content (AvgIpc) is 3.16. The highest BCUT2D eigenvalue weighted by Gasteiger charge is 2.19. The third-order valence-corrected chi connectivity index (χ3v) is 4.76. The average molecular weight is 388 g/mol. The number of fused-ring (bicyclic) bond motifs is 1. The van der Waals surface area contributed by atoms with Crippen LogP contribution in [-0.2, 0) is 13.1 Å². The van der Waals surface area contributed by atoms with E-state index in [9.17, 15) is 9.59 Å². The third kappa shape index (κ3) is 3.16. The van der Waals surface area contributed by atoms with Gasteiger partial charge in [0.2, 0.25) is 0 Å². The third-order valence-electron chi connectivity index (χ3n) is 4.76. The molecule has 0 aliphatic heterocycles. The number of para-hydroxylation sites is 2.